The molecule has 3 aromatic rings. The zero-order valence-corrected chi connectivity index (χ0v) is 16.4. The van der Waals surface area contributed by atoms with Gasteiger partial charge in [0.2, 0.25) is 0 Å². The molecule has 3 fully saturated rings. The summed E-state index contributed by atoms with van der Waals surface area (Å²) in [5.74, 6) is 0.860. The van der Waals surface area contributed by atoms with Gasteiger partial charge in [-0.15, -0.1) is 10.2 Å². The van der Waals surface area contributed by atoms with E-state index in [-0.39, 0.29) is 0 Å². The van der Waals surface area contributed by atoms with Gasteiger partial charge in [-0.2, -0.15) is 5.10 Å². The van der Waals surface area contributed by atoms with Crippen LogP contribution >= 0.6 is 0 Å². The number of hydrazine groups is 1. The van der Waals surface area contributed by atoms with Crippen LogP contribution in [0.1, 0.15) is 32.1 Å². The summed E-state index contributed by atoms with van der Waals surface area (Å²) in [7, 11) is 0. The Hall–Kier alpha value is -2.71. The first-order valence-electron chi connectivity index (χ1n) is 10.7. The van der Waals surface area contributed by atoms with E-state index in [0.29, 0.717) is 18.1 Å². The van der Waals surface area contributed by atoms with E-state index in [1.165, 1.54) is 25.7 Å². The van der Waals surface area contributed by atoms with Crippen LogP contribution in [-0.2, 0) is 0 Å². The summed E-state index contributed by atoms with van der Waals surface area (Å²) in [6, 6.07) is 10.2. The Kier molecular flexibility index (Phi) is 4.12. The standard InChI is InChI=1S/C21H26N8/c1-8-23-29(9-1)19-6-4-16(21-17(19)12-22-28-21)18-5-7-20(27-26-18)25-15-10-13-2-3-14(11-15)24-13/h4-7,12-15,23-24H,1-3,8-11H2,(H,22,28)(H,25,27)/t13-,14+,15?. The number of anilines is 2. The molecule has 0 spiro atoms. The molecule has 1 aromatic carbocycles. The predicted molar refractivity (Wildman–Crippen MR) is 114 cm³/mol. The van der Waals surface area contributed by atoms with Gasteiger partial charge in [-0.05, 0) is 56.4 Å². The van der Waals surface area contributed by atoms with Crippen molar-refractivity contribution < 1.29 is 0 Å². The van der Waals surface area contributed by atoms with E-state index >= 15 is 0 Å². The zero-order valence-electron chi connectivity index (χ0n) is 16.4. The smallest absolute Gasteiger partial charge is 0.148 e. The van der Waals surface area contributed by atoms with Gasteiger partial charge < -0.3 is 15.6 Å². The fourth-order valence-corrected chi connectivity index (χ4v) is 5.14. The SMILES string of the molecule is c1cc(-c2ccc(N3CCCN3)c3cn[nH]c23)nnc1NC1C[C@H]2CC[C@@H](C1)N2. The normalized spacial score (nSPS) is 26.3. The molecule has 0 radical (unpaired) electrons. The molecule has 0 saturated carbocycles. The van der Waals surface area contributed by atoms with Gasteiger partial charge in [0.15, 0.2) is 0 Å². The average Bonchev–Trinajstić information content (AvgIpc) is 3.49. The second-order valence-corrected chi connectivity index (χ2v) is 8.46. The topological polar surface area (TPSA) is 93.8 Å². The fraction of sp³-hybridized carbons (Fsp3) is 0.476. The Morgan fingerprint density at radius 3 is 2.69 bits per heavy atom. The fourth-order valence-electron chi connectivity index (χ4n) is 5.14. The number of nitrogens with zero attached hydrogens (tertiary/aromatic N) is 4. The maximum absolute atomic E-state index is 4.52. The second-order valence-electron chi connectivity index (χ2n) is 8.46. The molecule has 0 aliphatic carbocycles. The third-order valence-corrected chi connectivity index (χ3v) is 6.51. The summed E-state index contributed by atoms with van der Waals surface area (Å²) < 4.78 is 0. The van der Waals surface area contributed by atoms with E-state index < -0.39 is 0 Å². The molecule has 3 atom stereocenters. The quantitative estimate of drug-likeness (QED) is 0.544. The van der Waals surface area contributed by atoms with Crippen molar-refractivity contribution in [1.82, 2.24) is 31.1 Å². The van der Waals surface area contributed by atoms with Crippen LogP contribution in [0.4, 0.5) is 11.5 Å². The van der Waals surface area contributed by atoms with E-state index in [1.807, 2.05) is 12.3 Å². The number of nitrogens with one attached hydrogen (secondary N) is 4. The molecule has 3 aliphatic heterocycles. The van der Waals surface area contributed by atoms with E-state index in [0.717, 1.165) is 53.2 Å². The number of rotatable bonds is 4. The highest BCUT2D eigenvalue weighted by atomic mass is 15.5. The van der Waals surface area contributed by atoms with Crippen LogP contribution in [0.2, 0.25) is 0 Å². The number of benzene rings is 1. The Labute approximate surface area is 169 Å². The first-order valence-corrected chi connectivity index (χ1v) is 10.7. The number of aromatic amines is 1. The summed E-state index contributed by atoms with van der Waals surface area (Å²) in [4.78, 5) is 0. The van der Waals surface area contributed by atoms with Gasteiger partial charge in [0.05, 0.1) is 23.1 Å². The van der Waals surface area contributed by atoms with Crippen LogP contribution in [0, 0.1) is 0 Å². The van der Waals surface area contributed by atoms with E-state index in [2.05, 4.69) is 59.7 Å². The maximum Gasteiger partial charge on any atom is 0.148 e. The van der Waals surface area contributed by atoms with Crippen molar-refractivity contribution in [3.8, 4) is 11.3 Å². The predicted octanol–water partition coefficient (Wildman–Crippen LogP) is 2.43. The van der Waals surface area contributed by atoms with Crippen LogP contribution in [0.3, 0.4) is 0 Å². The van der Waals surface area contributed by atoms with E-state index in [9.17, 15) is 0 Å². The zero-order chi connectivity index (χ0) is 19.2. The van der Waals surface area contributed by atoms with E-state index in [4.69, 9.17) is 0 Å². The van der Waals surface area contributed by atoms with E-state index in [1.54, 1.807) is 0 Å². The highest BCUT2D eigenvalue weighted by molar-refractivity contribution is 6.00. The minimum atomic E-state index is 0.487. The average molecular weight is 390 g/mol. The Balaban J connectivity index is 1.25. The maximum atomic E-state index is 4.52. The summed E-state index contributed by atoms with van der Waals surface area (Å²) in [6.45, 7) is 2.03. The minimum Gasteiger partial charge on any atom is -0.366 e. The number of hydrogen-bond donors (Lipinski definition) is 4. The molecule has 3 aliphatic rings. The number of hydrogen-bond acceptors (Lipinski definition) is 7. The van der Waals surface area contributed by atoms with Crippen LogP contribution in [0.25, 0.3) is 22.2 Å². The number of fused-ring (bicyclic) bond motifs is 3. The Morgan fingerprint density at radius 2 is 1.93 bits per heavy atom. The largest absolute Gasteiger partial charge is 0.366 e. The molecule has 3 saturated heterocycles. The van der Waals surface area contributed by atoms with Crippen molar-refractivity contribution >= 4 is 22.4 Å². The van der Waals surface area contributed by atoms with Crippen LogP contribution in [0.5, 0.6) is 0 Å². The molecule has 4 N–H and O–H groups in total. The molecule has 2 bridgehead atoms. The molecular formula is C21H26N8. The first kappa shape index (κ1) is 17.2. The van der Waals surface area contributed by atoms with Gasteiger partial charge >= 0.3 is 0 Å². The van der Waals surface area contributed by atoms with Crippen molar-refractivity contribution in [2.45, 2.75) is 50.2 Å². The highest BCUT2D eigenvalue weighted by Gasteiger charge is 2.33. The van der Waals surface area contributed by atoms with Crippen LogP contribution in [-0.4, -0.2) is 51.6 Å². The monoisotopic (exact) mass is 390 g/mol. The molecule has 8 nitrogen and oxygen atoms in total. The van der Waals surface area contributed by atoms with Crippen molar-refractivity contribution in [1.29, 1.82) is 0 Å². The van der Waals surface area contributed by atoms with Crippen LogP contribution < -0.4 is 21.1 Å². The molecule has 150 valence electrons. The van der Waals surface area contributed by atoms with Crippen molar-refractivity contribution in [3.05, 3.63) is 30.5 Å². The molecule has 0 amide bonds. The molecule has 2 aromatic heterocycles. The van der Waals surface area contributed by atoms with Gasteiger partial charge in [0.25, 0.3) is 0 Å². The summed E-state index contributed by atoms with van der Waals surface area (Å²) in [5, 5.41) is 27.0. The second kappa shape index (κ2) is 6.96. The van der Waals surface area contributed by atoms with Crippen LogP contribution in [0.15, 0.2) is 30.5 Å². The van der Waals surface area contributed by atoms with Crippen molar-refractivity contribution in [2.24, 2.45) is 0 Å². The number of H-pyrrole nitrogens is 1. The lowest BCUT2D eigenvalue weighted by Gasteiger charge is -2.29. The van der Waals surface area contributed by atoms with Gasteiger partial charge in [0.1, 0.15) is 5.82 Å². The molecule has 29 heavy (non-hydrogen) atoms. The molecule has 6 rings (SSSR count). The van der Waals surface area contributed by atoms with Crippen molar-refractivity contribution in [2.75, 3.05) is 23.4 Å². The molecule has 1 unspecified atom stereocenters. The lowest BCUT2D eigenvalue weighted by molar-refractivity contribution is 0.377. The summed E-state index contributed by atoms with van der Waals surface area (Å²) >= 11 is 0. The Morgan fingerprint density at radius 1 is 1.03 bits per heavy atom. The third kappa shape index (κ3) is 3.12. The lowest BCUT2D eigenvalue weighted by Crippen LogP contribution is -2.43. The number of aromatic nitrogens is 4. The minimum absolute atomic E-state index is 0.487. The third-order valence-electron chi connectivity index (χ3n) is 6.51. The van der Waals surface area contributed by atoms with Gasteiger partial charge in [0, 0.05) is 42.2 Å². The Bertz CT molecular complexity index is 995. The van der Waals surface area contributed by atoms with Gasteiger partial charge in [-0.1, -0.05) is 0 Å². The molecule has 5 heterocycles. The summed E-state index contributed by atoms with van der Waals surface area (Å²) in [6.07, 6.45) is 7.98. The van der Waals surface area contributed by atoms with Gasteiger partial charge in [-0.25, -0.2) is 5.43 Å². The van der Waals surface area contributed by atoms with Gasteiger partial charge in [-0.3, -0.25) is 5.10 Å². The van der Waals surface area contributed by atoms with Crippen molar-refractivity contribution in [3.63, 3.8) is 0 Å². The highest BCUT2D eigenvalue weighted by Crippen LogP contribution is 2.33. The first-order chi connectivity index (χ1) is 14.3. The molecular weight excluding hydrogens is 364 g/mol. The summed E-state index contributed by atoms with van der Waals surface area (Å²) in [5.41, 5.74) is 7.46. The molecule has 8 heteroatoms. The number of piperidine rings is 1. The lowest BCUT2D eigenvalue weighted by atomic mass is 10.00.